The predicted molar refractivity (Wildman–Crippen MR) is 74.9 cm³/mol. The van der Waals surface area contributed by atoms with Crippen LogP contribution in [0.2, 0.25) is 5.02 Å². The Kier molecular flexibility index (Phi) is 5.27. The van der Waals surface area contributed by atoms with E-state index in [0.29, 0.717) is 16.1 Å². The molecule has 1 aromatic rings. The maximum atomic E-state index is 13.6. The molecule has 1 fully saturated rings. The van der Waals surface area contributed by atoms with E-state index >= 15 is 0 Å². The van der Waals surface area contributed by atoms with E-state index in [9.17, 15) is 4.39 Å². The monoisotopic (exact) mass is 335 g/mol. The molecule has 100 valence electrons. The summed E-state index contributed by atoms with van der Waals surface area (Å²) < 4.78 is 19.7. The molecule has 0 radical (unpaired) electrons. The second kappa shape index (κ2) is 6.73. The van der Waals surface area contributed by atoms with Gasteiger partial charge in [-0.3, -0.25) is 4.90 Å². The highest BCUT2D eigenvalue weighted by molar-refractivity contribution is 9.10. The Morgan fingerprint density at radius 1 is 1.28 bits per heavy atom. The number of hydrogen-bond donors (Lipinski definition) is 0. The summed E-state index contributed by atoms with van der Waals surface area (Å²) in [7, 11) is 0. The Balaban J connectivity index is 1.86. The van der Waals surface area contributed by atoms with Gasteiger partial charge in [0.15, 0.2) is 11.6 Å². The average molecular weight is 337 g/mol. The minimum Gasteiger partial charge on any atom is -0.488 e. The van der Waals surface area contributed by atoms with Crippen molar-refractivity contribution in [2.45, 2.75) is 19.3 Å². The van der Waals surface area contributed by atoms with Crippen molar-refractivity contribution in [1.82, 2.24) is 4.90 Å². The molecule has 0 atom stereocenters. The summed E-state index contributed by atoms with van der Waals surface area (Å²) >= 11 is 9.01. The van der Waals surface area contributed by atoms with Gasteiger partial charge in [0.2, 0.25) is 0 Å². The van der Waals surface area contributed by atoms with Crippen molar-refractivity contribution >= 4 is 27.5 Å². The lowest BCUT2D eigenvalue weighted by atomic mass is 10.1. The molecule has 0 saturated carbocycles. The highest BCUT2D eigenvalue weighted by atomic mass is 79.9. The van der Waals surface area contributed by atoms with Gasteiger partial charge in [0.05, 0.1) is 4.47 Å². The molecule has 1 saturated heterocycles. The first-order chi connectivity index (χ1) is 8.66. The van der Waals surface area contributed by atoms with Crippen LogP contribution in [0.5, 0.6) is 5.75 Å². The first-order valence-electron chi connectivity index (χ1n) is 6.16. The van der Waals surface area contributed by atoms with Gasteiger partial charge < -0.3 is 4.74 Å². The summed E-state index contributed by atoms with van der Waals surface area (Å²) in [4.78, 5) is 2.35. The molecule has 1 aliphatic heterocycles. The number of piperidine rings is 1. The van der Waals surface area contributed by atoms with Crippen LogP contribution in [0.15, 0.2) is 16.6 Å². The second-order valence-electron chi connectivity index (χ2n) is 4.45. The quantitative estimate of drug-likeness (QED) is 0.820. The third-order valence-electron chi connectivity index (χ3n) is 3.07. The Morgan fingerprint density at radius 2 is 2.00 bits per heavy atom. The Bertz CT molecular complexity index is 387. The number of nitrogens with zero attached hydrogens (tertiary/aromatic N) is 1. The minimum atomic E-state index is -0.423. The minimum absolute atomic E-state index is 0.247. The highest BCUT2D eigenvalue weighted by Gasteiger charge is 2.12. The summed E-state index contributed by atoms with van der Waals surface area (Å²) in [6, 6.07) is 2.91. The normalized spacial score (nSPS) is 16.8. The summed E-state index contributed by atoms with van der Waals surface area (Å²) in [6.07, 6.45) is 3.81. The molecule has 0 aromatic heterocycles. The first-order valence-corrected chi connectivity index (χ1v) is 7.33. The first kappa shape index (κ1) is 14.1. The van der Waals surface area contributed by atoms with Crippen LogP contribution in [0, 0.1) is 5.82 Å². The standard InChI is InChI=1S/C13H16BrClFNO/c14-11-8-10(15)9-12(16)13(11)18-7-6-17-4-2-1-3-5-17/h8-9H,1-7H2. The lowest BCUT2D eigenvalue weighted by Crippen LogP contribution is -2.33. The van der Waals surface area contributed by atoms with Crippen molar-refractivity contribution in [2.24, 2.45) is 0 Å². The van der Waals surface area contributed by atoms with E-state index in [1.807, 2.05) is 0 Å². The van der Waals surface area contributed by atoms with Crippen LogP contribution in [0.1, 0.15) is 19.3 Å². The largest absolute Gasteiger partial charge is 0.488 e. The zero-order chi connectivity index (χ0) is 13.0. The Hall–Kier alpha value is -0.320. The third-order valence-corrected chi connectivity index (χ3v) is 3.87. The molecule has 0 amide bonds. The topological polar surface area (TPSA) is 12.5 Å². The second-order valence-corrected chi connectivity index (χ2v) is 5.74. The van der Waals surface area contributed by atoms with Gasteiger partial charge in [0, 0.05) is 11.6 Å². The molecule has 0 aliphatic carbocycles. The van der Waals surface area contributed by atoms with E-state index in [0.717, 1.165) is 19.6 Å². The summed E-state index contributed by atoms with van der Waals surface area (Å²) in [6.45, 7) is 3.58. The maximum Gasteiger partial charge on any atom is 0.169 e. The molecule has 0 unspecified atom stereocenters. The van der Waals surface area contributed by atoms with Gasteiger partial charge in [-0.15, -0.1) is 0 Å². The molecule has 0 bridgehead atoms. The molecule has 18 heavy (non-hydrogen) atoms. The summed E-state index contributed by atoms with van der Waals surface area (Å²) in [5.41, 5.74) is 0. The van der Waals surface area contributed by atoms with Gasteiger partial charge in [0.1, 0.15) is 6.61 Å². The fourth-order valence-corrected chi connectivity index (χ4v) is 3.01. The summed E-state index contributed by atoms with van der Waals surface area (Å²) in [5.74, 6) is -0.176. The maximum absolute atomic E-state index is 13.6. The van der Waals surface area contributed by atoms with Crippen LogP contribution in [-0.2, 0) is 0 Å². The van der Waals surface area contributed by atoms with Crippen molar-refractivity contribution in [3.63, 3.8) is 0 Å². The molecule has 2 nitrogen and oxygen atoms in total. The van der Waals surface area contributed by atoms with Gasteiger partial charge in [-0.25, -0.2) is 4.39 Å². The number of ether oxygens (including phenoxy) is 1. The number of rotatable bonds is 4. The van der Waals surface area contributed by atoms with Crippen LogP contribution >= 0.6 is 27.5 Å². The number of likely N-dealkylation sites (tertiary alicyclic amines) is 1. The van der Waals surface area contributed by atoms with Crippen LogP contribution in [0.3, 0.4) is 0 Å². The van der Waals surface area contributed by atoms with Gasteiger partial charge in [-0.05, 0) is 54.0 Å². The van der Waals surface area contributed by atoms with Crippen LogP contribution < -0.4 is 4.74 Å². The van der Waals surface area contributed by atoms with Crippen molar-refractivity contribution < 1.29 is 9.13 Å². The average Bonchev–Trinajstić information content (AvgIpc) is 2.34. The Labute approximate surface area is 120 Å². The van der Waals surface area contributed by atoms with Gasteiger partial charge in [-0.2, -0.15) is 0 Å². The molecule has 5 heteroatoms. The van der Waals surface area contributed by atoms with Crippen molar-refractivity contribution in [2.75, 3.05) is 26.2 Å². The predicted octanol–water partition coefficient (Wildman–Crippen LogP) is 4.11. The number of hydrogen-bond acceptors (Lipinski definition) is 2. The van der Waals surface area contributed by atoms with E-state index in [1.54, 1.807) is 6.07 Å². The van der Waals surface area contributed by atoms with Crippen molar-refractivity contribution in [3.05, 3.63) is 27.4 Å². The highest BCUT2D eigenvalue weighted by Crippen LogP contribution is 2.31. The fraction of sp³-hybridized carbons (Fsp3) is 0.538. The molecule has 1 aromatic carbocycles. The SMILES string of the molecule is Fc1cc(Cl)cc(Br)c1OCCN1CCCCC1. The van der Waals surface area contributed by atoms with Gasteiger partial charge >= 0.3 is 0 Å². The third kappa shape index (κ3) is 3.84. The Morgan fingerprint density at radius 3 is 2.67 bits per heavy atom. The zero-order valence-electron chi connectivity index (χ0n) is 10.1. The molecule has 1 heterocycles. The molecule has 2 rings (SSSR count). The summed E-state index contributed by atoms with van der Waals surface area (Å²) in [5, 5.41) is 0.364. The molecule has 0 N–H and O–H groups in total. The lowest BCUT2D eigenvalue weighted by molar-refractivity contribution is 0.180. The lowest BCUT2D eigenvalue weighted by Gasteiger charge is -2.26. The molecular weight excluding hydrogens is 321 g/mol. The molecular formula is C13H16BrClFNO. The molecule has 0 spiro atoms. The number of halogens is 3. The van der Waals surface area contributed by atoms with E-state index in [-0.39, 0.29) is 5.75 Å². The van der Waals surface area contributed by atoms with E-state index in [4.69, 9.17) is 16.3 Å². The van der Waals surface area contributed by atoms with Crippen molar-refractivity contribution in [3.8, 4) is 5.75 Å². The zero-order valence-corrected chi connectivity index (χ0v) is 12.4. The van der Waals surface area contributed by atoms with E-state index in [1.165, 1.54) is 25.3 Å². The van der Waals surface area contributed by atoms with E-state index in [2.05, 4.69) is 20.8 Å². The van der Waals surface area contributed by atoms with Crippen LogP contribution in [0.4, 0.5) is 4.39 Å². The van der Waals surface area contributed by atoms with Gasteiger partial charge in [-0.1, -0.05) is 18.0 Å². The van der Waals surface area contributed by atoms with Crippen LogP contribution in [0.25, 0.3) is 0 Å². The van der Waals surface area contributed by atoms with E-state index < -0.39 is 5.82 Å². The fourth-order valence-electron chi connectivity index (χ4n) is 2.13. The van der Waals surface area contributed by atoms with Crippen LogP contribution in [-0.4, -0.2) is 31.1 Å². The molecule has 1 aliphatic rings. The number of benzene rings is 1. The van der Waals surface area contributed by atoms with Gasteiger partial charge in [0.25, 0.3) is 0 Å². The van der Waals surface area contributed by atoms with Crippen molar-refractivity contribution in [1.29, 1.82) is 0 Å². The smallest absolute Gasteiger partial charge is 0.169 e.